The van der Waals surface area contributed by atoms with Crippen LogP contribution in [0.25, 0.3) is 11.0 Å². The lowest BCUT2D eigenvalue weighted by atomic mass is 9.96. The minimum absolute atomic E-state index is 0.117. The van der Waals surface area contributed by atoms with Crippen LogP contribution < -0.4 is 15.7 Å². The topological polar surface area (TPSA) is 90.2 Å². The van der Waals surface area contributed by atoms with Gasteiger partial charge in [0.15, 0.2) is 23.4 Å². The Bertz CT molecular complexity index is 837. The smallest absolute Gasteiger partial charge is 0.341 e. The molecule has 0 aliphatic carbocycles. The van der Waals surface area contributed by atoms with E-state index in [0.29, 0.717) is 48.6 Å². The Hall–Kier alpha value is -2.09. The fraction of sp³-hybridized carbons (Fsp3) is 0.471. The minimum atomic E-state index is -0.778. The molecule has 0 bridgehead atoms. The Morgan fingerprint density at radius 3 is 2.83 bits per heavy atom. The highest BCUT2D eigenvalue weighted by Gasteiger charge is 2.29. The van der Waals surface area contributed by atoms with Crippen LogP contribution in [0.4, 0.5) is 0 Å². The van der Waals surface area contributed by atoms with Crippen molar-refractivity contribution in [3.63, 3.8) is 0 Å². The Labute approximate surface area is 138 Å². The van der Waals surface area contributed by atoms with Crippen molar-refractivity contribution in [2.24, 2.45) is 0 Å². The molecule has 0 unspecified atom stereocenters. The van der Waals surface area contributed by atoms with Crippen LogP contribution in [0.2, 0.25) is 0 Å². The third kappa shape index (κ3) is 2.36. The molecule has 1 aromatic heterocycles. The molecule has 2 aliphatic heterocycles. The van der Waals surface area contributed by atoms with Gasteiger partial charge in [0.25, 0.3) is 0 Å². The number of nitrogens with one attached hydrogen (secondary N) is 1. The van der Waals surface area contributed by atoms with Crippen molar-refractivity contribution < 1.29 is 23.7 Å². The molecule has 0 spiro atoms. The fourth-order valence-electron chi connectivity index (χ4n) is 3.34. The lowest BCUT2D eigenvalue weighted by Crippen LogP contribution is -2.29. The van der Waals surface area contributed by atoms with Gasteiger partial charge < -0.3 is 29.1 Å². The first-order valence-corrected chi connectivity index (χ1v) is 8.03. The molecule has 2 aliphatic rings. The van der Waals surface area contributed by atoms with Crippen molar-refractivity contribution in [1.82, 2.24) is 5.32 Å². The molecule has 7 nitrogen and oxygen atoms in total. The lowest BCUT2D eigenvalue weighted by Gasteiger charge is -2.26. The summed E-state index contributed by atoms with van der Waals surface area (Å²) < 4.78 is 22.1. The van der Waals surface area contributed by atoms with Crippen LogP contribution in [0.5, 0.6) is 11.5 Å². The van der Waals surface area contributed by atoms with Gasteiger partial charge in [0.2, 0.25) is 0 Å². The van der Waals surface area contributed by atoms with E-state index >= 15 is 0 Å². The van der Waals surface area contributed by atoms with Crippen molar-refractivity contribution in [2.45, 2.75) is 25.7 Å². The molecule has 0 amide bonds. The number of hydrogen-bond donors (Lipinski definition) is 2. The number of rotatable bonds is 2. The van der Waals surface area contributed by atoms with Crippen molar-refractivity contribution in [3.05, 3.63) is 33.2 Å². The van der Waals surface area contributed by atoms with Crippen LogP contribution in [-0.2, 0) is 22.4 Å². The molecule has 24 heavy (non-hydrogen) atoms. The van der Waals surface area contributed by atoms with E-state index in [1.165, 1.54) is 7.11 Å². The normalized spacial score (nSPS) is 18.5. The zero-order valence-corrected chi connectivity index (χ0v) is 13.4. The summed E-state index contributed by atoms with van der Waals surface area (Å²) in [6.45, 7) is 2.28. The highest BCUT2D eigenvalue weighted by Crippen LogP contribution is 2.43. The van der Waals surface area contributed by atoms with E-state index in [-0.39, 0.29) is 5.75 Å². The summed E-state index contributed by atoms with van der Waals surface area (Å²) in [6.07, 6.45) is 0.709. The highest BCUT2D eigenvalue weighted by molar-refractivity contribution is 5.88. The number of aromatic hydroxyl groups is 1. The average Bonchev–Trinajstić information content (AvgIpc) is 2.62. The fourth-order valence-corrected chi connectivity index (χ4v) is 3.34. The third-order valence-corrected chi connectivity index (χ3v) is 4.52. The van der Waals surface area contributed by atoms with E-state index < -0.39 is 11.9 Å². The summed E-state index contributed by atoms with van der Waals surface area (Å²) in [5.41, 5.74) is 1.79. The molecule has 1 aromatic carbocycles. The van der Waals surface area contributed by atoms with Crippen LogP contribution in [0.1, 0.15) is 29.4 Å². The first kappa shape index (κ1) is 15.4. The molecule has 2 N–H and O–H groups in total. The van der Waals surface area contributed by atoms with Gasteiger partial charge in [-0.3, -0.25) is 0 Å². The van der Waals surface area contributed by atoms with Gasteiger partial charge in [-0.2, -0.15) is 0 Å². The minimum Gasteiger partial charge on any atom is -0.504 e. The van der Waals surface area contributed by atoms with Gasteiger partial charge in [-0.1, -0.05) is 0 Å². The average molecular weight is 333 g/mol. The zero-order valence-electron chi connectivity index (χ0n) is 13.4. The SMILES string of the molecule is COc1cc2c3c(c(=O)oc2c(C2OCCCO2)c1O)CNCC3. The molecule has 1 fully saturated rings. The van der Waals surface area contributed by atoms with E-state index in [4.69, 9.17) is 18.6 Å². The Morgan fingerprint density at radius 1 is 1.29 bits per heavy atom. The van der Waals surface area contributed by atoms with Gasteiger partial charge >= 0.3 is 5.63 Å². The Morgan fingerprint density at radius 2 is 2.08 bits per heavy atom. The molecule has 0 radical (unpaired) electrons. The quantitative estimate of drug-likeness (QED) is 0.807. The number of methoxy groups -OCH3 is 1. The summed E-state index contributed by atoms with van der Waals surface area (Å²) in [7, 11) is 1.49. The molecule has 0 atom stereocenters. The largest absolute Gasteiger partial charge is 0.504 e. The van der Waals surface area contributed by atoms with Crippen molar-refractivity contribution >= 4 is 11.0 Å². The van der Waals surface area contributed by atoms with Gasteiger partial charge in [0.1, 0.15) is 0 Å². The van der Waals surface area contributed by atoms with E-state index in [0.717, 1.165) is 23.9 Å². The number of benzene rings is 1. The molecule has 3 heterocycles. The second-order valence-electron chi connectivity index (χ2n) is 5.92. The van der Waals surface area contributed by atoms with Gasteiger partial charge in [-0.15, -0.1) is 0 Å². The van der Waals surface area contributed by atoms with Crippen molar-refractivity contribution in [2.75, 3.05) is 26.9 Å². The highest BCUT2D eigenvalue weighted by atomic mass is 16.7. The van der Waals surface area contributed by atoms with Crippen molar-refractivity contribution in [1.29, 1.82) is 0 Å². The Balaban J connectivity index is 2.03. The summed E-state index contributed by atoms with van der Waals surface area (Å²) in [6, 6.07) is 1.71. The standard InChI is InChI=1S/C17H19NO6/c1-21-12-7-10-9-3-4-18-8-11(9)16(20)24-15(10)13(14(12)19)17-22-5-2-6-23-17/h7,17-19H,2-6,8H2,1H3. The maximum atomic E-state index is 12.4. The van der Waals surface area contributed by atoms with Crippen LogP contribution in [0, 0.1) is 0 Å². The predicted molar refractivity (Wildman–Crippen MR) is 85.4 cm³/mol. The third-order valence-electron chi connectivity index (χ3n) is 4.52. The molecule has 2 aromatic rings. The van der Waals surface area contributed by atoms with Gasteiger partial charge in [-0.25, -0.2) is 4.79 Å². The van der Waals surface area contributed by atoms with E-state index in [1.54, 1.807) is 6.07 Å². The van der Waals surface area contributed by atoms with Gasteiger partial charge in [-0.05, 0) is 31.0 Å². The summed E-state index contributed by atoms with van der Waals surface area (Å²) >= 11 is 0. The number of phenolic OH excluding ortho intramolecular Hbond substituents is 1. The molecule has 7 heteroatoms. The lowest BCUT2D eigenvalue weighted by molar-refractivity contribution is -0.183. The maximum Gasteiger partial charge on any atom is 0.341 e. The van der Waals surface area contributed by atoms with Crippen LogP contribution in [-0.4, -0.2) is 32.0 Å². The zero-order chi connectivity index (χ0) is 16.7. The number of ether oxygens (including phenoxy) is 3. The van der Waals surface area contributed by atoms with E-state index in [1.807, 2.05) is 0 Å². The summed E-state index contributed by atoms with van der Waals surface area (Å²) in [5, 5.41) is 14.5. The van der Waals surface area contributed by atoms with Crippen LogP contribution in [0.15, 0.2) is 15.3 Å². The first-order valence-electron chi connectivity index (χ1n) is 8.03. The molecule has 0 saturated carbocycles. The van der Waals surface area contributed by atoms with Crippen molar-refractivity contribution in [3.8, 4) is 11.5 Å². The molecular formula is C17H19NO6. The van der Waals surface area contributed by atoms with Crippen LogP contribution in [0.3, 0.4) is 0 Å². The predicted octanol–water partition coefficient (Wildman–Crippen LogP) is 1.59. The van der Waals surface area contributed by atoms with Gasteiger partial charge in [0, 0.05) is 11.9 Å². The monoisotopic (exact) mass is 333 g/mol. The number of fused-ring (bicyclic) bond motifs is 3. The van der Waals surface area contributed by atoms with E-state index in [2.05, 4.69) is 5.32 Å². The second-order valence-corrected chi connectivity index (χ2v) is 5.92. The second kappa shape index (κ2) is 6.08. The molecule has 128 valence electrons. The Kier molecular flexibility index (Phi) is 3.91. The van der Waals surface area contributed by atoms with Gasteiger partial charge in [0.05, 0.1) is 31.5 Å². The first-order chi connectivity index (χ1) is 11.7. The van der Waals surface area contributed by atoms with E-state index in [9.17, 15) is 9.90 Å². The maximum absolute atomic E-state index is 12.4. The number of phenols is 1. The summed E-state index contributed by atoms with van der Waals surface area (Å²) in [4.78, 5) is 12.4. The van der Waals surface area contributed by atoms with Crippen LogP contribution >= 0.6 is 0 Å². The molecular weight excluding hydrogens is 314 g/mol. The molecule has 4 rings (SSSR count). The number of hydrogen-bond acceptors (Lipinski definition) is 7. The molecule has 1 saturated heterocycles. The summed E-state index contributed by atoms with van der Waals surface area (Å²) in [5.74, 6) is 0.193.